The van der Waals surface area contributed by atoms with Crippen LogP contribution in [0.3, 0.4) is 0 Å². The summed E-state index contributed by atoms with van der Waals surface area (Å²) in [4.78, 5) is 1.83. The summed E-state index contributed by atoms with van der Waals surface area (Å²) in [5, 5.41) is 18.1. The van der Waals surface area contributed by atoms with Crippen LogP contribution in [0.1, 0.15) is 12.5 Å². The van der Waals surface area contributed by atoms with E-state index in [2.05, 4.69) is 0 Å². The summed E-state index contributed by atoms with van der Waals surface area (Å²) in [6.45, 7) is 2.19. The molecule has 0 aromatic heterocycles. The molecule has 0 aliphatic carbocycles. The highest BCUT2D eigenvalue weighted by molar-refractivity contribution is 5.73. The lowest BCUT2D eigenvalue weighted by Crippen LogP contribution is -2.27. The molecule has 0 radical (unpaired) electrons. The van der Waals surface area contributed by atoms with Crippen LogP contribution < -0.4 is 10.6 Å². The predicted octanol–water partition coefficient (Wildman–Crippen LogP) is 0.957. The summed E-state index contributed by atoms with van der Waals surface area (Å²) in [6, 6.07) is 7.32. The molecular formula is C11H15N3O. The van der Waals surface area contributed by atoms with Crippen molar-refractivity contribution in [3.8, 4) is 6.07 Å². The van der Waals surface area contributed by atoms with E-state index in [1.54, 1.807) is 19.1 Å². The number of benzene rings is 1. The summed E-state index contributed by atoms with van der Waals surface area (Å²) < 4.78 is 0. The van der Waals surface area contributed by atoms with Gasteiger partial charge in [0.05, 0.1) is 23.0 Å². The van der Waals surface area contributed by atoms with Crippen LogP contribution in [0.4, 0.5) is 11.4 Å². The Bertz CT molecular complexity index is 382. The molecule has 4 nitrogen and oxygen atoms in total. The molecule has 0 aliphatic heterocycles. The molecule has 1 aromatic carbocycles. The van der Waals surface area contributed by atoms with Gasteiger partial charge in [-0.25, -0.2) is 0 Å². The minimum Gasteiger partial charge on any atom is -0.396 e. The van der Waals surface area contributed by atoms with Gasteiger partial charge >= 0.3 is 0 Å². The third-order valence-electron chi connectivity index (χ3n) is 2.15. The van der Waals surface area contributed by atoms with Gasteiger partial charge in [-0.15, -0.1) is 0 Å². The molecule has 80 valence electrons. The summed E-state index contributed by atoms with van der Waals surface area (Å²) in [5.41, 5.74) is 7.52. The van der Waals surface area contributed by atoms with E-state index in [0.29, 0.717) is 17.8 Å². The summed E-state index contributed by atoms with van der Waals surface area (Å²) >= 11 is 0. The van der Waals surface area contributed by atoms with E-state index in [1.807, 2.05) is 24.1 Å². The minimum atomic E-state index is -0.430. The van der Waals surface area contributed by atoms with Gasteiger partial charge in [-0.2, -0.15) is 5.26 Å². The van der Waals surface area contributed by atoms with Crippen LogP contribution in [-0.2, 0) is 0 Å². The van der Waals surface area contributed by atoms with Gasteiger partial charge in [0, 0.05) is 13.6 Å². The van der Waals surface area contributed by atoms with E-state index >= 15 is 0 Å². The topological polar surface area (TPSA) is 73.3 Å². The molecule has 1 atom stereocenters. The Morgan fingerprint density at radius 3 is 2.80 bits per heavy atom. The number of likely N-dealkylation sites (N-methyl/N-ethyl adjacent to an activating group) is 1. The Labute approximate surface area is 89.5 Å². The molecule has 0 fully saturated rings. The van der Waals surface area contributed by atoms with Gasteiger partial charge in [0.2, 0.25) is 0 Å². The Morgan fingerprint density at radius 2 is 2.27 bits per heavy atom. The zero-order valence-electron chi connectivity index (χ0n) is 8.94. The van der Waals surface area contributed by atoms with Gasteiger partial charge in [-0.05, 0) is 19.1 Å². The number of aliphatic hydroxyl groups excluding tert-OH is 1. The third kappa shape index (κ3) is 2.61. The van der Waals surface area contributed by atoms with E-state index in [4.69, 9.17) is 11.0 Å². The lowest BCUT2D eigenvalue weighted by Gasteiger charge is -2.22. The maximum Gasteiger partial charge on any atom is 0.101 e. The van der Waals surface area contributed by atoms with Gasteiger partial charge < -0.3 is 15.7 Å². The highest BCUT2D eigenvalue weighted by Gasteiger charge is 2.10. The van der Waals surface area contributed by atoms with E-state index in [0.717, 1.165) is 5.69 Å². The minimum absolute atomic E-state index is 0.430. The summed E-state index contributed by atoms with van der Waals surface area (Å²) in [5.74, 6) is 0. The molecule has 4 heteroatoms. The van der Waals surface area contributed by atoms with Crippen molar-refractivity contribution < 1.29 is 5.11 Å². The second kappa shape index (κ2) is 4.67. The van der Waals surface area contributed by atoms with Crippen molar-refractivity contribution in [1.82, 2.24) is 0 Å². The number of nitrogens with zero attached hydrogens (tertiary/aromatic N) is 2. The fourth-order valence-corrected chi connectivity index (χ4v) is 1.48. The molecule has 1 aromatic rings. The first-order valence-electron chi connectivity index (χ1n) is 4.74. The van der Waals surface area contributed by atoms with Crippen molar-refractivity contribution in [3.63, 3.8) is 0 Å². The van der Waals surface area contributed by atoms with Crippen molar-refractivity contribution in [2.75, 3.05) is 24.2 Å². The van der Waals surface area contributed by atoms with Crippen LogP contribution in [-0.4, -0.2) is 24.8 Å². The van der Waals surface area contributed by atoms with Crippen LogP contribution in [0.2, 0.25) is 0 Å². The van der Waals surface area contributed by atoms with Crippen molar-refractivity contribution >= 4 is 11.4 Å². The molecule has 0 bridgehead atoms. The van der Waals surface area contributed by atoms with Crippen LogP contribution >= 0.6 is 0 Å². The smallest absolute Gasteiger partial charge is 0.101 e. The number of hydrogen-bond acceptors (Lipinski definition) is 4. The molecular weight excluding hydrogens is 190 g/mol. The van der Waals surface area contributed by atoms with Crippen molar-refractivity contribution in [3.05, 3.63) is 23.8 Å². The van der Waals surface area contributed by atoms with Crippen LogP contribution in [0.25, 0.3) is 0 Å². The molecule has 0 heterocycles. The number of para-hydroxylation sites is 1. The van der Waals surface area contributed by atoms with E-state index in [-0.39, 0.29) is 0 Å². The first-order valence-corrected chi connectivity index (χ1v) is 4.74. The Balaban J connectivity index is 3.00. The number of nitrogen functional groups attached to an aromatic ring is 1. The van der Waals surface area contributed by atoms with Gasteiger partial charge in [0.1, 0.15) is 6.07 Å². The van der Waals surface area contributed by atoms with Crippen LogP contribution in [0.15, 0.2) is 18.2 Å². The number of hydrogen-bond donors (Lipinski definition) is 2. The van der Waals surface area contributed by atoms with Gasteiger partial charge in [0.25, 0.3) is 0 Å². The number of anilines is 2. The summed E-state index contributed by atoms with van der Waals surface area (Å²) in [7, 11) is 1.83. The Morgan fingerprint density at radius 1 is 1.60 bits per heavy atom. The molecule has 15 heavy (non-hydrogen) atoms. The standard InChI is InChI=1S/C11H15N3O/c1-8(15)7-14(2)10-5-3-4-9(6-12)11(10)13/h3-5,8,15H,7,13H2,1-2H3. The zero-order valence-corrected chi connectivity index (χ0v) is 8.94. The zero-order chi connectivity index (χ0) is 11.4. The molecule has 1 rings (SSSR count). The first-order chi connectivity index (χ1) is 7.06. The molecule has 0 amide bonds. The lowest BCUT2D eigenvalue weighted by molar-refractivity contribution is 0.201. The first kappa shape index (κ1) is 11.3. The molecule has 0 aliphatic rings. The van der Waals surface area contributed by atoms with Crippen LogP contribution in [0, 0.1) is 11.3 Å². The highest BCUT2D eigenvalue weighted by Crippen LogP contribution is 2.25. The van der Waals surface area contributed by atoms with Gasteiger partial charge in [0.15, 0.2) is 0 Å². The third-order valence-corrected chi connectivity index (χ3v) is 2.15. The largest absolute Gasteiger partial charge is 0.396 e. The van der Waals surface area contributed by atoms with Gasteiger partial charge in [-0.3, -0.25) is 0 Å². The second-order valence-electron chi connectivity index (χ2n) is 3.58. The molecule has 3 N–H and O–H groups in total. The average molecular weight is 205 g/mol. The monoisotopic (exact) mass is 205 g/mol. The lowest BCUT2D eigenvalue weighted by atomic mass is 10.1. The molecule has 0 saturated carbocycles. The fourth-order valence-electron chi connectivity index (χ4n) is 1.48. The van der Waals surface area contributed by atoms with Crippen molar-refractivity contribution in [2.45, 2.75) is 13.0 Å². The number of nitrogens with two attached hydrogens (primary N) is 1. The number of aliphatic hydroxyl groups is 1. The molecule has 0 saturated heterocycles. The maximum absolute atomic E-state index is 9.25. The predicted molar refractivity (Wildman–Crippen MR) is 60.5 cm³/mol. The maximum atomic E-state index is 9.25. The average Bonchev–Trinajstić information content (AvgIpc) is 2.17. The van der Waals surface area contributed by atoms with Gasteiger partial charge in [-0.1, -0.05) is 6.07 Å². The Hall–Kier alpha value is -1.73. The van der Waals surface area contributed by atoms with E-state index in [9.17, 15) is 5.11 Å². The normalized spacial score (nSPS) is 11.9. The SMILES string of the molecule is CC(O)CN(C)c1cccc(C#N)c1N. The number of nitriles is 1. The molecule has 0 spiro atoms. The molecule has 1 unspecified atom stereocenters. The quantitative estimate of drug-likeness (QED) is 0.721. The Kier molecular flexibility index (Phi) is 3.53. The van der Waals surface area contributed by atoms with Crippen molar-refractivity contribution in [2.24, 2.45) is 0 Å². The highest BCUT2D eigenvalue weighted by atomic mass is 16.3. The van der Waals surface area contributed by atoms with Crippen LogP contribution in [0.5, 0.6) is 0 Å². The summed E-state index contributed by atoms with van der Waals surface area (Å²) in [6.07, 6.45) is -0.430. The second-order valence-corrected chi connectivity index (χ2v) is 3.58. The van der Waals surface area contributed by atoms with Crippen molar-refractivity contribution in [1.29, 1.82) is 5.26 Å². The number of rotatable bonds is 3. The van der Waals surface area contributed by atoms with E-state index in [1.165, 1.54) is 0 Å². The fraction of sp³-hybridized carbons (Fsp3) is 0.364. The van der Waals surface area contributed by atoms with E-state index < -0.39 is 6.10 Å².